The summed E-state index contributed by atoms with van der Waals surface area (Å²) in [5, 5.41) is 3.67. The smallest absolute Gasteiger partial charge is 0.267 e. The van der Waals surface area contributed by atoms with Gasteiger partial charge in [-0.2, -0.15) is 0 Å². The number of para-hydroxylation sites is 3. The second kappa shape index (κ2) is 7.77. The van der Waals surface area contributed by atoms with Gasteiger partial charge in [0.1, 0.15) is 21.5 Å². The van der Waals surface area contributed by atoms with Crippen molar-refractivity contribution in [2.24, 2.45) is 0 Å². The number of fused-ring (bicyclic) bond motifs is 1. The van der Waals surface area contributed by atoms with Crippen molar-refractivity contribution in [3.63, 3.8) is 0 Å². The Bertz CT molecular complexity index is 1370. The van der Waals surface area contributed by atoms with Crippen LogP contribution in [0.4, 0.5) is 10.1 Å². The Kier molecular flexibility index (Phi) is 4.80. The molecular weight excluding hydrogens is 411 g/mol. The highest BCUT2D eigenvalue weighted by molar-refractivity contribution is 7.17. The molecule has 0 saturated carbocycles. The van der Waals surface area contributed by atoms with Crippen LogP contribution in [0.3, 0.4) is 0 Å². The number of aryl methyl sites for hydroxylation is 1. The molecule has 0 radical (unpaired) electrons. The van der Waals surface area contributed by atoms with E-state index in [1.54, 1.807) is 19.1 Å². The number of amides is 1. The Morgan fingerprint density at radius 1 is 0.968 bits per heavy atom. The maximum Gasteiger partial charge on any atom is 0.267 e. The van der Waals surface area contributed by atoms with Gasteiger partial charge >= 0.3 is 0 Å². The van der Waals surface area contributed by atoms with Crippen LogP contribution in [0, 0.1) is 12.7 Å². The number of aromatic amines is 1. The SMILES string of the molecule is Cc1nc(-c2ccc(F)cc2)sc1C(=O)Nc1ccccc1-c1nc2ccccc2[nH]1. The van der Waals surface area contributed by atoms with Crippen LogP contribution in [0.15, 0.2) is 72.8 Å². The van der Waals surface area contributed by atoms with Crippen LogP contribution in [-0.2, 0) is 0 Å². The third kappa shape index (κ3) is 3.71. The standard InChI is InChI=1S/C24H17FN4OS/c1-14-21(31-24(26-14)15-10-12-16(25)13-11-15)23(30)29-18-7-3-2-6-17(18)22-27-19-8-4-5-9-20(19)28-22/h2-13H,1H3,(H,27,28)(H,29,30). The largest absolute Gasteiger partial charge is 0.338 e. The Morgan fingerprint density at radius 2 is 1.71 bits per heavy atom. The highest BCUT2D eigenvalue weighted by Gasteiger charge is 2.18. The number of benzene rings is 3. The first-order valence-corrected chi connectivity index (χ1v) is 10.5. The van der Waals surface area contributed by atoms with E-state index < -0.39 is 0 Å². The minimum atomic E-state index is -0.308. The predicted molar refractivity (Wildman–Crippen MR) is 122 cm³/mol. The molecule has 5 rings (SSSR count). The number of carbonyl (C=O) groups is 1. The quantitative estimate of drug-likeness (QED) is 0.366. The zero-order valence-electron chi connectivity index (χ0n) is 16.5. The normalized spacial score (nSPS) is 11.0. The lowest BCUT2D eigenvalue weighted by molar-refractivity contribution is 0.103. The fourth-order valence-electron chi connectivity index (χ4n) is 3.38. The highest BCUT2D eigenvalue weighted by atomic mass is 32.1. The lowest BCUT2D eigenvalue weighted by atomic mass is 10.1. The van der Waals surface area contributed by atoms with Crippen LogP contribution >= 0.6 is 11.3 Å². The van der Waals surface area contributed by atoms with Crippen LogP contribution in [0.25, 0.3) is 33.0 Å². The number of halogens is 1. The van der Waals surface area contributed by atoms with Gasteiger partial charge < -0.3 is 10.3 Å². The molecule has 2 heterocycles. The predicted octanol–water partition coefficient (Wildman–Crippen LogP) is 6.05. The van der Waals surface area contributed by atoms with Gasteiger partial charge in [-0.15, -0.1) is 11.3 Å². The first kappa shape index (κ1) is 19.1. The molecule has 0 saturated heterocycles. The van der Waals surface area contributed by atoms with Gasteiger partial charge in [0.2, 0.25) is 0 Å². The van der Waals surface area contributed by atoms with Gasteiger partial charge in [0.15, 0.2) is 0 Å². The summed E-state index contributed by atoms with van der Waals surface area (Å²) < 4.78 is 13.2. The lowest BCUT2D eigenvalue weighted by Gasteiger charge is -2.08. The molecule has 2 aromatic heterocycles. The van der Waals surface area contributed by atoms with E-state index in [1.165, 1.54) is 23.5 Å². The van der Waals surface area contributed by atoms with Gasteiger partial charge in [0, 0.05) is 11.1 Å². The molecule has 0 aliphatic carbocycles. The zero-order chi connectivity index (χ0) is 21.4. The molecule has 31 heavy (non-hydrogen) atoms. The van der Waals surface area contributed by atoms with E-state index in [1.807, 2.05) is 48.5 Å². The number of nitrogens with zero attached hydrogens (tertiary/aromatic N) is 2. The summed E-state index contributed by atoms with van der Waals surface area (Å²) in [4.78, 5) is 26.0. The first-order valence-electron chi connectivity index (χ1n) is 9.67. The summed E-state index contributed by atoms with van der Waals surface area (Å²) in [5.74, 6) is 0.134. The van der Waals surface area contributed by atoms with Crippen molar-refractivity contribution in [1.82, 2.24) is 15.0 Å². The summed E-state index contributed by atoms with van der Waals surface area (Å²) in [6.07, 6.45) is 0. The third-order valence-corrected chi connectivity index (χ3v) is 6.12. The molecule has 0 bridgehead atoms. The molecule has 2 N–H and O–H groups in total. The molecule has 0 aliphatic heterocycles. The van der Waals surface area contributed by atoms with Gasteiger partial charge in [-0.05, 0) is 55.5 Å². The molecule has 7 heteroatoms. The molecule has 0 atom stereocenters. The molecule has 5 nitrogen and oxygen atoms in total. The number of thiazole rings is 1. The van der Waals surface area contributed by atoms with Crippen LogP contribution in [0.5, 0.6) is 0 Å². The number of hydrogen-bond acceptors (Lipinski definition) is 4. The summed E-state index contributed by atoms with van der Waals surface area (Å²) in [6, 6.07) is 21.4. The summed E-state index contributed by atoms with van der Waals surface area (Å²) >= 11 is 1.28. The van der Waals surface area contributed by atoms with Crippen molar-refractivity contribution >= 4 is 34.0 Å². The average molecular weight is 428 g/mol. The minimum absolute atomic E-state index is 0.244. The third-order valence-electron chi connectivity index (χ3n) is 4.91. The van der Waals surface area contributed by atoms with Crippen LogP contribution < -0.4 is 5.32 Å². The van der Waals surface area contributed by atoms with E-state index in [0.717, 1.165) is 22.2 Å². The van der Waals surface area contributed by atoms with Crippen molar-refractivity contribution in [3.8, 4) is 22.0 Å². The van der Waals surface area contributed by atoms with E-state index in [4.69, 9.17) is 0 Å². The van der Waals surface area contributed by atoms with Crippen LogP contribution in [0.1, 0.15) is 15.4 Å². The number of H-pyrrole nitrogens is 1. The van der Waals surface area contributed by atoms with Crippen molar-refractivity contribution in [2.45, 2.75) is 6.92 Å². The average Bonchev–Trinajstić information content (AvgIpc) is 3.38. The van der Waals surface area contributed by atoms with Crippen LogP contribution in [0.2, 0.25) is 0 Å². The highest BCUT2D eigenvalue weighted by Crippen LogP contribution is 2.31. The van der Waals surface area contributed by atoms with Gasteiger partial charge in [-0.1, -0.05) is 24.3 Å². The maximum absolute atomic E-state index is 13.2. The molecule has 152 valence electrons. The molecular formula is C24H17FN4OS. The lowest BCUT2D eigenvalue weighted by Crippen LogP contribution is -2.12. The number of anilines is 1. The Morgan fingerprint density at radius 3 is 2.52 bits per heavy atom. The maximum atomic E-state index is 13.2. The summed E-state index contributed by atoms with van der Waals surface area (Å²) in [7, 11) is 0. The van der Waals surface area contributed by atoms with Crippen molar-refractivity contribution in [2.75, 3.05) is 5.32 Å². The molecule has 0 spiro atoms. The van der Waals surface area contributed by atoms with Crippen molar-refractivity contribution < 1.29 is 9.18 Å². The van der Waals surface area contributed by atoms with Crippen molar-refractivity contribution in [3.05, 3.63) is 89.2 Å². The van der Waals surface area contributed by atoms with Gasteiger partial charge in [-0.25, -0.2) is 14.4 Å². The van der Waals surface area contributed by atoms with Crippen LogP contribution in [-0.4, -0.2) is 20.9 Å². The van der Waals surface area contributed by atoms with Gasteiger partial charge in [0.25, 0.3) is 5.91 Å². The monoisotopic (exact) mass is 428 g/mol. The fraction of sp³-hybridized carbons (Fsp3) is 0.0417. The Balaban J connectivity index is 1.46. The van der Waals surface area contributed by atoms with E-state index in [0.29, 0.717) is 27.1 Å². The number of imidazole rings is 1. The van der Waals surface area contributed by atoms with Gasteiger partial charge in [0.05, 0.1) is 22.4 Å². The number of nitrogens with one attached hydrogen (secondary N) is 2. The molecule has 0 aliphatic rings. The number of hydrogen-bond donors (Lipinski definition) is 2. The number of rotatable bonds is 4. The summed E-state index contributed by atoms with van der Waals surface area (Å²) in [6.45, 7) is 1.80. The zero-order valence-corrected chi connectivity index (χ0v) is 17.3. The van der Waals surface area contributed by atoms with E-state index in [9.17, 15) is 9.18 Å². The molecule has 1 amide bonds. The van der Waals surface area contributed by atoms with E-state index in [-0.39, 0.29) is 11.7 Å². The first-order chi connectivity index (χ1) is 15.1. The topological polar surface area (TPSA) is 70.7 Å². The molecule has 5 aromatic rings. The van der Waals surface area contributed by atoms with Gasteiger partial charge in [-0.3, -0.25) is 4.79 Å². The second-order valence-corrected chi connectivity index (χ2v) is 8.04. The molecule has 0 unspecified atom stereocenters. The van der Waals surface area contributed by atoms with Crippen molar-refractivity contribution in [1.29, 1.82) is 0 Å². The minimum Gasteiger partial charge on any atom is -0.338 e. The number of carbonyl (C=O) groups excluding carboxylic acids is 1. The molecule has 0 fully saturated rings. The fourth-order valence-corrected chi connectivity index (χ4v) is 4.35. The van der Waals surface area contributed by atoms with E-state index >= 15 is 0 Å². The molecule has 3 aromatic carbocycles. The number of aromatic nitrogens is 3. The summed E-state index contributed by atoms with van der Waals surface area (Å²) in [5.41, 5.74) is 4.65. The van der Waals surface area contributed by atoms with E-state index in [2.05, 4.69) is 20.3 Å². The second-order valence-electron chi connectivity index (χ2n) is 7.04. The Hall–Kier alpha value is -3.84. The Labute approximate surface area is 181 Å².